The first kappa shape index (κ1) is 17.5. The van der Waals surface area contributed by atoms with Crippen molar-refractivity contribution in [1.29, 1.82) is 0 Å². The van der Waals surface area contributed by atoms with E-state index in [1.807, 2.05) is 44.2 Å². The Morgan fingerprint density at radius 1 is 1.39 bits per heavy atom. The second-order valence-corrected chi connectivity index (χ2v) is 6.14. The molecule has 1 heterocycles. The first-order valence-electron chi connectivity index (χ1n) is 7.58. The summed E-state index contributed by atoms with van der Waals surface area (Å²) in [6, 6.07) is 9.27. The third kappa shape index (κ3) is 4.56. The molecule has 2 unspecified atom stereocenters. The van der Waals surface area contributed by atoms with Gasteiger partial charge in [0.05, 0.1) is 18.2 Å². The maximum Gasteiger partial charge on any atom is 0.224 e. The first-order chi connectivity index (χ1) is 10.9. The zero-order chi connectivity index (χ0) is 17.0. The minimum atomic E-state index is -0.602. The van der Waals surface area contributed by atoms with E-state index in [1.165, 1.54) is 0 Å². The van der Waals surface area contributed by atoms with Crippen LogP contribution in [0, 0.1) is 6.92 Å². The lowest BCUT2D eigenvalue weighted by Crippen LogP contribution is -2.35. The van der Waals surface area contributed by atoms with Crippen LogP contribution in [0.4, 0.5) is 0 Å². The highest BCUT2D eigenvalue weighted by Gasteiger charge is 2.18. The first-order valence-corrected chi connectivity index (χ1v) is 7.96. The number of benzene rings is 1. The molecule has 0 aliphatic rings. The Morgan fingerprint density at radius 3 is 2.61 bits per heavy atom. The van der Waals surface area contributed by atoms with Crippen LogP contribution in [0.15, 0.2) is 30.3 Å². The molecule has 6 heteroatoms. The third-order valence-corrected chi connectivity index (χ3v) is 4.25. The Morgan fingerprint density at radius 2 is 2.04 bits per heavy atom. The Hall–Kier alpha value is -1.85. The summed E-state index contributed by atoms with van der Waals surface area (Å²) in [7, 11) is 1.75. The van der Waals surface area contributed by atoms with Crippen LogP contribution in [-0.2, 0) is 18.3 Å². The predicted octanol–water partition coefficient (Wildman–Crippen LogP) is 2.55. The van der Waals surface area contributed by atoms with Gasteiger partial charge in [0.2, 0.25) is 5.91 Å². The molecule has 2 N–H and O–H groups in total. The van der Waals surface area contributed by atoms with E-state index in [4.69, 9.17) is 11.6 Å². The Balaban J connectivity index is 1.90. The average Bonchev–Trinajstić information content (AvgIpc) is 2.74. The van der Waals surface area contributed by atoms with E-state index in [-0.39, 0.29) is 18.4 Å². The minimum absolute atomic E-state index is 0.129. The molecule has 0 saturated heterocycles. The van der Waals surface area contributed by atoms with Crippen LogP contribution in [0.2, 0.25) is 5.15 Å². The maximum atomic E-state index is 12.2. The van der Waals surface area contributed by atoms with Gasteiger partial charge in [-0.1, -0.05) is 41.9 Å². The van der Waals surface area contributed by atoms with Crippen molar-refractivity contribution in [3.8, 4) is 0 Å². The summed E-state index contributed by atoms with van der Waals surface area (Å²) < 4.78 is 1.56. The largest absolute Gasteiger partial charge is 0.388 e. The molecule has 0 spiro atoms. The lowest BCUT2D eigenvalue weighted by Gasteiger charge is -2.18. The molecule has 0 radical (unpaired) electrons. The van der Waals surface area contributed by atoms with Crippen LogP contribution >= 0.6 is 11.6 Å². The molecule has 0 saturated carbocycles. The van der Waals surface area contributed by atoms with Crippen molar-refractivity contribution in [3.05, 3.63) is 52.3 Å². The predicted molar refractivity (Wildman–Crippen MR) is 90.3 cm³/mol. The zero-order valence-electron chi connectivity index (χ0n) is 13.6. The van der Waals surface area contributed by atoms with E-state index < -0.39 is 6.10 Å². The molecule has 0 aliphatic carbocycles. The number of amides is 1. The van der Waals surface area contributed by atoms with Crippen LogP contribution in [0.5, 0.6) is 0 Å². The number of rotatable bonds is 6. The van der Waals surface area contributed by atoms with Crippen LogP contribution in [0.25, 0.3) is 0 Å². The number of halogens is 1. The second kappa shape index (κ2) is 7.62. The Kier molecular flexibility index (Phi) is 5.80. The van der Waals surface area contributed by atoms with E-state index in [0.717, 1.165) is 16.8 Å². The van der Waals surface area contributed by atoms with Crippen molar-refractivity contribution in [2.75, 3.05) is 0 Å². The van der Waals surface area contributed by atoms with Gasteiger partial charge in [-0.05, 0) is 25.8 Å². The fraction of sp³-hybridized carbons (Fsp3) is 0.412. The van der Waals surface area contributed by atoms with Gasteiger partial charge >= 0.3 is 0 Å². The molecule has 2 atom stereocenters. The molecule has 23 heavy (non-hydrogen) atoms. The van der Waals surface area contributed by atoms with Gasteiger partial charge in [0.1, 0.15) is 5.15 Å². The highest BCUT2D eigenvalue weighted by Crippen LogP contribution is 2.20. The van der Waals surface area contributed by atoms with E-state index in [2.05, 4.69) is 10.4 Å². The molecule has 1 aromatic carbocycles. The van der Waals surface area contributed by atoms with Gasteiger partial charge in [-0.2, -0.15) is 5.10 Å². The number of nitrogens with one attached hydrogen (secondary N) is 1. The molecule has 0 fully saturated rings. The van der Waals surface area contributed by atoms with Crippen molar-refractivity contribution in [2.45, 2.75) is 38.8 Å². The zero-order valence-corrected chi connectivity index (χ0v) is 14.3. The highest BCUT2D eigenvalue weighted by atomic mass is 35.5. The number of aliphatic hydroxyl groups excluding tert-OH is 1. The van der Waals surface area contributed by atoms with Crippen molar-refractivity contribution in [1.82, 2.24) is 15.1 Å². The fourth-order valence-corrected chi connectivity index (χ4v) is 2.81. The molecule has 0 bridgehead atoms. The summed E-state index contributed by atoms with van der Waals surface area (Å²) in [6.45, 7) is 3.71. The molecule has 2 aromatic rings. The number of aryl methyl sites for hydroxylation is 2. The Bertz CT molecular complexity index is 670. The van der Waals surface area contributed by atoms with Gasteiger partial charge in [0, 0.05) is 18.7 Å². The Labute approximate surface area is 141 Å². The number of carbonyl (C=O) groups is 1. The van der Waals surface area contributed by atoms with Gasteiger partial charge in [-0.25, -0.2) is 0 Å². The summed E-state index contributed by atoms with van der Waals surface area (Å²) in [5.41, 5.74) is 2.34. The number of carbonyl (C=O) groups excluding carboxylic acids is 1. The minimum Gasteiger partial charge on any atom is -0.388 e. The summed E-state index contributed by atoms with van der Waals surface area (Å²) in [5, 5.41) is 17.8. The smallest absolute Gasteiger partial charge is 0.224 e. The van der Waals surface area contributed by atoms with Crippen molar-refractivity contribution in [2.24, 2.45) is 7.05 Å². The number of nitrogens with zero attached hydrogens (tertiary/aromatic N) is 2. The molecule has 1 aromatic heterocycles. The quantitative estimate of drug-likeness (QED) is 0.852. The number of hydrogen-bond acceptors (Lipinski definition) is 3. The van der Waals surface area contributed by atoms with Gasteiger partial charge < -0.3 is 10.4 Å². The van der Waals surface area contributed by atoms with E-state index in [9.17, 15) is 9.90 Å². The molecular formula is C17H22ClN3O2. The van der Waals surface area contributed by atoms with Gasteiger partial charge in [0.15, 0.2) is 0 Å². The monoisotopic (exact) mass is 335 g/mol. The summed E-state index contributed by atoms with van der Waals surface area (Å²) >= 11 is 6.14. The summed E-state index contributed by atoms with van der Waals surface area (Å²) in [4.78, 5) is 12.2. The standard InChI is InChI=1S/C17H22ClN3O2/c1-11(9-15(22)13-7-5-4-6-8-13)19-16(23)10-14-12(2)20-21(3)17(14)18/h4-8,11,15,22H,9-10H2,1-3H3,(H,19,23). The summed E-state index contributed by atoms with van der Waals surface area (Å²) in [6.07, 6.45) is 0.0370. The normalized spacial score (nSPS) is 13.6. The van der Waals surface area contributed by atoms with Crippen molar-refractivity contribution < 1.29 is 9.90 Å². The number of aromatic nitrogens is 2. The van der Waals surface area contributed by atoms with Crippen molar-refractivity contribution >= 4 is 17.5 Å². The van der Waals surface area contributed by atoms with Crippen molar-refractivity contribution in [3.63, 3.8) is 0 Å². The third-order valence-electron chi connectivity index (χ3n) is 3.78. The van der Waals surface area contributed by atoms with Crippen LogP contribution in [0.3, 0.4) is 0 Å². The van der Waals surface area contributed by atoms with E-state index in [1.54, 1.807) is 11.7 Å². The fourth-order valence-electron chi connectivity index (χ4n) is 2.57. The second-order valence-electron chi connectivity index (χ2n) is 5.79. The number of hydrogen-bond donors (Lipinski definition) is 2. The average molecular weight is 336 g/mol. The molecule has 0 aliphatic heterocycles. The van der Waals surface area contributed by atoms with Gasteiger partial charge in [-0.3, -0.25) is 9.48 Å². The van der Waals surface area contributed by atoms with Gasteiger partial charge in [-0.15, -0.1) is 0 Å². The van der Waals surface area contributed by atoms with Crippen LogP contribution in [0.1, 0.15) is 36.3 Å². The highest BCUT2D eigenvalue weighted by molar-refractivity contribution is 6.30. The van der Waals surface area contributed by atoms with E-state index in [0.29, 0.717) is 11.6 Å². The molecule has 1 amide bonds. The topological polar surface area (TPSA) is 67.2 Å². The van der Waals surface area contributed by atoms with E-state index >= 15 is 0 Å². The summed E-state index contributed by atoms with van der Waals surface area (Å²) in [5.74, 6) is -0.129. The van der Waals surface area contributed by atoms with Crippen LogP contribution in [-0.4, -0.2) is 26.8 Å². The maximum absolute atomic E-state index is 12.2. The lowest BCUT2D eigenvalue weighted by atomic mass is 10.0. The molecule has 124 valence electrons. The molecular weight excluding hydrogens is 314 g/mol. The SMILES string of the molecule is Cc1nn(C)c(Cl)c1CC(=O)NC(C)CC(O)c1ccccc1. The lowest BCUT2D eigenvalue weighted by molar-refractivity contribution is -0.121. The molecule has 2 rings (SSSR count). The number of aliphatic hydroxyl groups is 1. The molecule has 5 nitrogen and oxygen atoms in total. The van der Waals surface area contributed by atoms with Gasteiger partial charge in [0.25, 0.3) is 0 Å². The van der Waals surface area contributed by atoms with Crippen LogP contribution < -0.4 is 5.32 Å².